The SMILES string of the molecule is C=CC[C@H](NC(=O)O)c1cncc(-c2cc(F)ccc2NC[C@H](C)C=C)c1. The number of carbonyl (C=O) groups is 1. The normalized spacial score (nSPS) is 12.7. The topological polar surface area (TPSA) is 74.2 Å². The molecule has 2 rings (SSSR count). The second kappa shape index (κ2) is 9.52. The van der Waals surface area contributed by atoms with E-state index in [1.54, 1.807) is 24.5 Å². The molecule has 1 aromatic carbocycles. The Kier molecular flexibility index (Phi) is 7.11. The number of rotatable bonds is 9. The van der Waals surface area contributed by atoms with Gasteiger partial charge in [0.15, 0.2) is 0 Å². The number of benzene rings is 1. The Morgan fingerprint density at radius 2 is 2.11 bits per heavy atom. The van der Waals surface area contributed by atoms with Crippen LogP contribution in [0.3, 0.4) is 0 Å². The molecule has 0 aliphatic rings. The van der Waals surface area contributed by atoms with Crippen LogP contribution in [0.15, 0.2) is 62.0 Å². The lowest BCUT2D eigenvalue weighted by atomic mass is 9.99. The summed E-state index contributed by atoms with van der Waals surface area (Å²) in [7, 11) is 0. The van der Waals surface area contributed by atoms with Gasteiger partial charge < -0.3 is 15.7 Å². The maximum atomic E-state index is 13.9. The standard InChI is InChI=1S/C21H24FN3O2/c1-4-6-19(25-21(26)27)16-9-15(12-23-13-16)18-10-17(22)7-8-20(18)24-11-14(3)5-2/h4-5,7-10,12-14,19,24-25H,1-2,6,11H2,3H3,(H,26,27)/t14-,19+/m1/s1. The number of anilines is 1. The van der Waals surface area contributed by atoms with Gasteiger partial charge in [-0.1, -0.05) is 19.1 Å². The minimum Gasteiger partial charge on any atom is -0.465 e. The van der Waals surface area contributed by atoms with Gasteiger partial charge in [-0.15, -0.1) is 13.2 Å². The number of nitrogens with one attached hydrogen (secondary N) is 2. The molecule has 1 heterocycles. The van der Waals surface area contributed by atoms with Crippen molar-refractivity contribution in [1.82, 2.24) is 10.3 Å². The smallest absolute Gasteiger partial charge is 0.405 e. The van der Waals surface area contributed by atoms with E-state index in [1.165, 1.54) is 12.1 Å². The summed E-state index contributed by atoms with van der Waals surface area (Å²) < 4.78 is 13.9. The van der Waals surface area contributed by atoms with E-state index >= 15 is 0 Å². The zero-order valence-electron chi connectivity index (χ0n) is 15.3. The maximum absolute atomic E-state index is 13.9. The molecule has 1 aromatic heterocycles. The van der Waals surface area contributed by atoms with Crippen molar-refractivity contribution >= 4 is 11.8 Å². The second-order valence-electron chi connectivity index (χ2n) is 6.32. The summed E-state index contributed by atoms with van der Waals surface area (Å²) in [5.41, 5.74) is 2.82. The third-order valence-corrected chi connectivity index (χ3v) is 4.17. The first-order chi connectivity index (χ1) is 12.9. The lowest BCUT2D eigenvalue weighted by Gasteiger charge is -2.18. The van der Waals surface area contributed by atoms with Crippen molar-refractivity contribution in [2.45, 2.75) is 19.4 Å². The lowest BCUT2D eigenvalue weighted by molar-refractivity contribution is 0.190. The largest absolute Gasteiger partial charge is 0.465 e. The van der Waals surface area contributed by atoms with Crippen molar-refractivity contribution in [3.05, 3.63) is 73.3 Å². The number of hydrogen-bond donors (Lipinski definition) is 3. The molecule has 1 amide bonds. The van der Waals surface area contributed by atoms with Gasteiger partial charge in [-0.3, -0.25) is 4.98 Å². The third kappa shape index (κ3) is 5.67. The molecule has 2 aromatic rings. The predicted molar refractivity (Wildman–Crippen MR) is 106 cm³/mol. The number of halogens is 1. The average molecular weight is 369 g/mol. The molecule has 0 bridgehead atoms. The van der Waals surface area contributed by atoms with Crippen molar-refractivity contribution in [3.63, 3.8) is 0 Å². The van der Waals surface area contributed by atoms with Gasteiger partial charge in [0.2, 0.25) is 0 Å². The highest BCUT2D eigenvalue weighted by Crippen LogP contribution is 2.31. The molecule has 0 unspecified atom stereocenters. The number of carboxylic acid groups (broad SMARTS) is 1. The molecule has 0 radical (unpaired) electrons. The molecule has 6 heteroatoms. The molecule has 0 saturated carbocycles. The van der Waals surface area contributed by atoms with Crippen LogP contribution in [0.4, 0.5) is 14.9 Å². The molecule has 0 spiro atoms. The number of amides is 1. The van der Waals surface area contributed by atoms with Crippen LogP contribution in [0.2, 0.25) is 0 Å². The van der Waals surface area contributed by atoms with E-state index in [2.05, 4.69) is 28.8 Å². The Hall–Kier alpha value is -3.15. The van der Waals surface area contributed by atoms with E-state index in [4.69, 9.17) is 5.11 Å². The van der Waals surface area contributed by atoms with Crippen molar-refractivity contribution in [2.75, 3.05) is 11.9 Å². The highest BCUT2D eigenvalue weighted by atomic mass is 19.1. The molecule has 0 fully saturated rings. The van der Waals surface area contributed by atoms with Gasteiger partial charge in [0, 0.05) is 35.8 Å². The second-order valence-corrected chi connectivity index (χ2v) is 6.32. The number of hydrogen-bond acceptors (Lipinski definition) is 3. The van der Waals surface area contributed by atoms with E-state index in [0.29, 0.717) is 29.7 Å². The first kappa shape index (κ1) is 20.2. The fourth-order valence-electron chi connectivity index (χ4n) is 2.65. The zero-order valence-corrected chi connectivity index (χ0v) is 15.3. The van der Waals surface area contributed by atoms with Crippen LogP contribution in [0.25, 0.3) is 11.1 Å². The molecule has 2 atom stereocenters. The summed E-state index contributed by atoms with van der Waals surface area (Å²) in [6.45, 7) is 10.1. The highest BCUT2D eigenvalue weighted by molar-refractivity contribution is 5.78. The van der Waals surface area contributed by atoms with Crippen molar-refractivity contribution in [3.8, 4) is 11.1 Å². The van der Waals surface area contributed by atoms with Gasteiger partial charge in [-0.2, -0.15) is 0 Å². The van der Waals surface area contributed by atoms with Crippen LogP contribution < -0.4 is 10.6 Å². The average Bonchev–Trinajstić information content (AvgIpc) is 2.66. The van der Waals surface area contributed by atoms with Crippen LogP contribution in [0, 0.1) is 11.7 Å². The Balaban J connectivity index is 2.39. The summed E-state index contributed by atoms with van der Waals surface area (Å²) in [4.78, 5) is 15.3. The van der Waals surface area contributed by atoms with Crippen LogP contribution in [-0.2, 0) is 0 Å². The summed E-state index contributed by atoms with van der Waals surface area (Å²) in [6.07, 6.45) is 6.00. The van der Waals surface area contributed by atoms with Gasteiger partial charge in [0.25, 0.3) is 0 Å². The molecular weight excluding hydrogens is 345 g/mol. The number of aromatic nitrogens is 1. The van der Waals surface area contributed by atoms with Gasteiger partial charge in [0.1, 0.15) is 5.82 Å². The molecule has 5 nitrogen and oxygen atoms in total. The van der Waals surface area contributed by atoms with E-state index in [9.17, 15) is 9.18 Å². The van der Waals surface area contributed by atoms with Crippen LogP contribution >= 0.6 is 0 Å². The minimum atomic E-state index is -1.13. The van der Waals surface area contributed by atoms with E-state index < -0.39 is 12.1 Å². The molecule has 142 valence electrons. The monoisotopic (exact) mass is 369 g/mol. The first-order valence-electron chi connectivity index (χ1n) is 8.66. The van der Waals surface area contributed by atoms with E-state index in [1.807, 2.05) is 19.1 Å². The maximum Gasteiger partial charge on any atom is 0.405 e. The molecule has 0 aliphatic carbocycles. The fraction of sp³-hybridized carbons (Fsp3) is 0.238. The molecule has 0 saturated heterocycles. The van der Waals surface area contributed by atoms with Crippen molar-refractivity contribution < 1.29 is 14.3 Å². The van der Waals surface area contributed by atoms with Crippen LogP contribution in [-0.4, -0.2) is 22.7 Å². The lowest BCUT2D eigenvalue weighted by Crippen LogP contribution is -2.26. The minimum absolute atomic E-state index is 0.254. The Bertz CT molecular complexity index is 823. The molecule has 3 N–H and O–H groups in total. The summed E-state index contributed by atoms with van der Waals surface area (Å²) in [6, 6.07) is 5.86. The fourth-order valence-corrected chi connectivity index (χ4v) is 2.65. The molecule has 27 heavy (non-hydrogen) atoms. The summed E-state index contributed by atoms with van der Waals surface area (Å²) >= 11 is 0. The van der Waals surface area contributed by atoms with Crippen molar-refractivity contribution in [2.24, 2.45) is 5.92 Å². The van der Waals surface area contributed by atoms with Crippen molar-refractivity contribution in [1.29, 1.82) is 0 Å². The van der Waals surface area contributed by atoms with E-state index in [-0.39, 0.29) is 11.7 Å². The highest BCUT2D eigenvalue weighted by Gasteiger charge is 2.15. The zero-order chi connectivity index (χ0) is 19.8. The Morgan fingerprint density at radius 3 is 2.78 bits per heavy atom. The quantitative estimate of drug-likeness (QED) is 0.543. The third-order valence-electron chi connectivity index (χ3n) is 4.17. The van der Waals surface area contributed by atoms with Gasteiger partial charge in [0.05, 0.1) is 6.04 Å². The van der Waals surface area contributed by atoms with Crippen LogP contribution in [0.5, 0.6) is 0 Å². The molecule has 0 aliphatic heterocycles. The molecular formula is C21H24FN3O2. The van der Waals surface area contributed by atoms with Gasteiger partial charge in [-0.25, -0.2) is 9.18 Å². The summed E-state index contributed by atoms with van der Waals surface area (Å²) in [5.74, 6) is -0.104. The number of nitrogens with zero attached hydrogens (tertiary/aromatic N) is 1. The predicted octanol–water partition coefficient (Wildman–Crippen LogP) is 5.01. The number of pyridine rings is 1. The van der Waals surface area contributed by atoms with Crippen LogP contribution in [0.1, 0.15) is 24.9 Å². The van der Waals surface area contributed by atoms with Gasteiger partial charge >= 0.3 is 6.09 Å². The summed E-state index contributed by atoms with van der Waals surface area (Å²) in [5, 5.41) is 14.8. The first-order valence-corrected chi connectivity index (χ1v) is 8.66. The Morgan fingerprint density at radius 1 is 1.33 bits per heavy atom. The van der Waals surface area contributed by atoms with E-state index in [0.717, 1.165) is 5.69 Å². The van der Waals surface area contributed by atoms with Gasteiger partial charge in [-0.05, 0) is 42.2 Å². The Labute approximate surface area is 158 Å².